The lowest BCUT2D eigenvalue weighted by Crippen LogP contribution is -2.35. The summed E-state index contributed by atoms with van der Waals surface area (Å²) in [6.07, 6.45) is 13.2. The van der Waals surface area contributed by atoms with Crippen LogP contribution < -0.4 is 0 Å². The van der Waals surface area contributed by atoms with E-state index < -0.39 is 5.97 Å². The molecule has 0 saturated carbocycles. The van der Waals surface area contributed by atoms with Crippen LogP contribution >= 0.6 is 0 Å². The molecule has 1 N–H and O–H groups in total. The second kappa shape index (κ2) is 14.9. The summed E-state index contributed by atoms with van der Waals surface area (Å²) in [6, 6.07) is 0. The Balaban J connectivity index is 4.12. The lowest BCUT2D eigenvalue weighted by Gasteiger charge is -2.34. The van der Waals surface area contributed by atoms with Crippen LogP contribution in [0.1, 0.15) is 111 Å². The van der Waals surface area contributed by atoms with Gasteiger partial charge in [-0.15, -0.1) is 0 Å². The van der Waals surface area contributed by atoms with Crippen molar-refractivity contribution < 1.29 is 19.4 Å². The fourth-order valence-electron chi connectivity index (χ4n) is 4.31. The average Bonchev–Trinajstić information content (AvgIpc) is 2.57. The third-order valence-electron chi connectivity index (χ3n) is 5.26. The van der Waals surface area contributed by atoms with Gasteiger partial charge in [-0.1, -0.05) is 79.1 Å². The summed E-state index contributed by atoms with van der Waals surface area (Å²) in [4.78, 5) is 23.0. The smallest absolute Gasteiger partial charge is 0.311 e. The number of carboxylic acid groups (broad SMARTS) is 1. The molecular weight excluding hydrogens is 340 g/mol. The lowest BCUT2D eigenvalue weighted by molar-refractivity contribution is -0.156. The van der Waals surface area contributed by atoms with Gasteiger partial charge in [0.1, 0.15) is 0 Å². The van der Waals surface area contributed by atoms with E-state index in [9.17, 15) is 9.59 Å². The number of methoxy groups -OCH3 is 1. The maximum Gasteiger partial charge on any atom is 0.311 e. The van der Waals surface area contributed by atoms with Gasteiger partial charge in [0.05, 0.1) is 12.5 Å². The maximum absolute atomic E-state index is 12.6. The van der Waals surface area contributed by atoms with E-state index in [1.165, 1.54) is 39.2 Å². The summed E-state index contributed by atoms with van der Waals surface area (Å²) < 4.78 is 5.20. The van der Waals surface area contributed by atoms with E-state index in [-0.39, 0.29) is 11.4 Å². The monoisotopic (exact) mass is 384 g/mol. The van der Waals surface area contributed by atoms with Crippen molar-refractivity contribution in [2.45, 2.75) is 111 Å². The molecule has 4 heteroatoms. The Bertz CT molecular complexity index is 391. The first-order chi connectivity index (χ1) is 12.7. The summed E-state index contributed by atoms with van der Waals surface area (Å²) in [6.45, 7) is 8.76. The second-order valence-electron chi connectivity index (χ2n) is 9.04. The van der Waals surface area contributed by atoms with Gasteiger partial charge in [0, 0.05) is 6.42 Å². The fourth-order valence-corrected chi connectivity index (χ4v) is 4.31. The molecule has 160 valence electrons. The van der Waals surface area contributed by atoms with Crippen molar-refractivity contribution in [2.24, 2.45) is 17.3 Å². The third kappa shape index (κ3) is 12.9. The van der Waals surface area contributed by atoms with Crippen LogP contribution in [-0.4, -0.2) is 24.2 Å². The molecule has 0 aliphatic heterocycles. The number of carbonyl (C=O) groups is 2. The van der Waals surface area contributed by atoms with Crippen molar-refractivity contribution in [3.8, 4) is 0 Å². The number of aliphatic carboxylic acids is 1. The molecule has 0 aliphatic rings. The molecule has 0 saturated heterocycles. The summed E-state index contributed by atoms with van der Waals surface area (Å²) in [5.41, 5.74) is -0.318. The van der Waals surface area contributed by atoms with E-state index in [4.69, 9.17) is 9.84 Å². The first-order valence-electron chi connectivity index (χ1n) is 11.0. The highest BCUT2D eigenvalue weighted by Gasteiger charge is 2.39. The van der Waals surface area contributed by atoms with Crippen molar-refractivity contribution in [1.82, 2.24) is 0 Å². The molecule has 0 amide bonds. The number of carboxylic acids is 1. The van der Waals surface area contributed by atoms with Gasteiger partial charge in [-0.25, -0.2) is 0 Å². The highest BCUT2D eigenvalue weighted by molar-refractivity contribution is 5.76. The first kappa shape index (κ1) is 25.9. The zero-order valence-electron chi connectivity index (χ0n) is 18.5. The number of unbranched alkanes of at least 4 members (excludes halogenated alkanes) is 8. The number of rotatable bonds is 17. The maximum atomic E-state index is 12.6. The van der Waals surface area contributed by atoms with Crippen molar-refractivity contribution >= 4 is 11.9 Å². The topological polar surface area (TPSA) is 63.6 Å². The van der Waals surface area contributed by atoms with E-state index in [1.807, 2.05) is 0 Å². The van der Waals surface area contributed by atoms with Crippen LogP contribution in [0.25, 0.3) is 0 Å². The molecule has 0 atom stereocenters. The lowest BCUT2D eigenvalue weighted by atomic mass is 9.71. The number of esters is 1. The van der Waals surface area contributed by atoms with Gasteiger partial charge in [-0.3, -0.25) is 9.59 Å². The molecule has 27 heavy (non-hydrogen) atoms. The van der Waals surface area contributed by atoms with E-state index in [2.05, 4.69) is 27.7 Å². The highest BCUT2D eigenvalue weighted by Crippen LogP contribution is 2.40. The van der Waals surface area contributed by atoms with Crippen molar-refractivity contribution in [3.05, 3.63) is 0 Å². The molecule has 0 unspecified atom stereocenters. The summed E-state index contributed by atoms with van der Waals surface area (Å²) in [5.74, 6) is 0.271. The van der Waals surface area contributed by atoms with Crippen molar-refractivity contribution in [2.75, 3.05) is 7.11 Å². The van der Waals surface area contributed by atoms with Gasteiger partial charge in [0.2, 0.25) is 0 Å². The molecular formula is C23H44O4. The van der Waals surface area contributed by atoms with E-state index in [1.54, 1.807) is 0 Å². The number of ether oxygens (including phenoxy) is 1. The normalized spacial score (nSPS) is 12.0. The van der Waals surface area contributed by atoms with E-state index in [0.29, 0.717) is 18.3 Å². The largest absolute Gasteiger partial charge is 0.481 e. The zero-order valence-corrected chi connectivity index (χ0v) is 18.5. The molecule has 0 fully saturated rings. The summed E-state index contributed by atoms with van der Waals surface area (Å²) in [7, 11) is 1.52. The van der Waals surface area contributed by atoms with Gasteiger partial charge in [0.15, 0.2) is 0 Å². The Labute approximate surface area is 167 Å². The Morgan fingerprint density at radius 2 is 1.19 bits per heavy atom. The Kier molecular flexibility index (Phi) is 14.3. The predicted octanol–water partition coefficient (Wildman–Crippen LogP) is 6.61. The molecule has 0 heterocycles. The van der Waals surface area contributed by atoms with Crippen LogP contribution in [0.15, 0.2) is 0 Å². The number of hydrogen-bond donors (Lipinski definition) is 1. The first-order valence-corrected chi connectivity index (χ1v) is 11.0. The van der Waals surface area contributed by atoms with Crippen molar-refractivity contribution in [3.63, 3.8) is 0 Å². The minimum atomic E-state index is -0.687. The van der Waals surface area contributed by atoms with Crippen LogP contribution in [0, 0.1) is 17.3 Å². The SMILES string of the molecule is COC(=O)C(CCCCCCCCCCCC(=O)O)(CC(C)C)CC(C)C. The fraction of sp³-hybridized carbons (Fsp3) is 0.913. The summed E-state index contributed by atoms with van der Waals surface area (Å²) in [5, 5.41) is 8.61. The van der Waals surface area contributed by atoms with Gasteiger partial charge < -0.3 is 9.84 Å². The van der Waals surface area contributed by atoms with Crippen LogP contribution in [0.2, 0.25) is 0 Å². The predicted molar refractivity (Wildman–Crippen MR) is 112 cm³/mol. The summed E-state index contributed by atoms with van der Waals surface area (Å²) >= 11 is 0. The molecule has 0 spiro atoms. The van der Waals surface area contributed by atoms with Crippen LogP contribution in [0.3, 0.4) is 0 Å². The molecule has 0 aromatic carbocycles. The van der Waals surface area contributed by atoms with E-state index in [0.717, 1.165) is 44.9 Å². The van der Waals surface area contributed by atoms with E-state index >= 15 is 0 Å². The Morgan fingerprint density at radius 3 is 1.56 bits per heavy atom. The van der Waals surface area contributed by atoms with Crippen LogP contribution in [0.5, 0.6) is 0 Å². The molecule has 4 nitrogen and oxygen atoms in total. The number of carbonyl (C=O) groups excluding carboxylic acids is 1. The second-order valence-corrected chi connectivity index (χ2v) is 9.04. The molecule has 0 aromatic rings. The van der Waals surface area contributed by atoms with Gasteiger partial charge in [0.25, 0.3) is 0 Å². The minimum absolute atomic E-state index is 0.0220. The highest BCUT2D eigenvalue weighted by atomic mass is 16.5. The van der Waals surface area contributed by atoms with Gasteiger partial charge >= 0.3 is 11.9 Å². The Hall–Kier alpha value is -1.06. The molecule has 0 bridgehead atoms. The molecule has 0 radical (unpaired) electrons. The minimum Gasteiger partial charge on any atom is -0.481 e. The molecule has 0 aliphatic carbocycles. The van der Waals surface area contributed by atoms with Gasteiger partial charge in [-0.2, -0.15) is 0 Å². The third-order valence-corrected chi connectivity index (χ3v) is 5.26. The zero-order chi connectivity index (χ0) is 20.7. The van der Waals surface area contributed by atoms with Gasteiger partial charge in [-0.05, 0) is 37.5 Å². The quantitative estimate of drug-likeness (QED) is 0.226. The van der Waals surface area contributed by atoms with Crippen LogP contribution in [-0.2, 0) is 14.3 Å². The van der Waals surface area contributed by atoms with Crippen LogP contribution in [0.4, 0.5) is 0 Å². The average molecular weight is 385 g/mol. The molecule has 0 aromatic heterocycles. The standard InChI is InChI=1S/C23H44O4/c1-19(2)17-23(18-20(3)4,22(26)27-5)16-14-12-10-8-6-7-9-11-13-15-21(24)25/h19-20H,6-18H2,1-5H3,(H,24,25). The Morgan fingerprint density at radius 1 is 0.778 bits per heavy atom. The molecule has 0 rings (SSSR count). The number of hydrogen-bond acceptors (Lipinski definition) is 3. The van der Waals surface area contributed by atoms with Crippen molar-refractivity contribution in [1.29, 1.82) is 0 Å².